The number of furan rings is 1. The van der Waals surface area contributed by atoms with E-state index in [0.717, 1.165) is 0 Å². The molecule has 1 N–H and O–H groups in total. The Kier molecular flexibility index (Phi) is 5.38. The Labute approximate surface area is 172 Å². The molecule has 10 heteroatoms. The summed E-state index contributed by atoms with van der Waals surface area (Å²) < 4.78 is 11.7. The molecule has 1 saturated heterocycles. The van der Waals surface area contributed by atoms with Crippen LogP contribution in [0.3, 0.4) is 0 Å². The fraction of sp³-hybridized carbons (Fsp3) is 0.300. The SMILES string of the molecule is Cc1cc(NC(=O)Cn2cccc2C(=O)N2CCN(C(=O)c3ccco3)CC2)no1. The fourth-order valence-electron chi connectivity index (χ4n) is 3.34. The Morgan fingerprint density at radius 2 is 1.80 bits per heavy atom. The van der Waals surface area contributed by atoms with Gasteiger partial charge in [0.25, 0.3) is 11.8 Å². The summed E-state index contributed by atoms with van der Waals surface area (Å²) >= 11 is 0. The van der Waals surface area contributed by atoms with E-state index >= 15 is 0 Å². The number of piperazine rings is 1. The largest absolute Gasteiger partial charge is 0.459 e. The van der Waals surface area contributed by atoms with Gasteiger partial charge in [0.1, 0.15) is 18.0 Å². The maximum atomic E-state index is 13.0. The second kappa shape index (κ2) is 8.27. The van der Waals surface area contributed by atoms with E-state index in [4.69, 9.17) is 8.94 Å². The van der Waals surface area contributed by atoms with Gasteiger partial charge in [-0.05, 0) is 31.2 Å². The average Bonchev–Trinajstić information content (AvgIpc) is 3.50. The second-order valence-electron chi connectivity index (χ2n) is 6.95. The van der Waals surface area contributed by atoms with Gasteiger partial charge in [0, 0.05) is 38.4 Å². The van der Waals surface area contributed by atoms with Crippen LogP contribution in [0.25, 0.3) is 0 Å². The van der Waals surface area contributed by atoms with Crippen molar-refractivity contribution in [3.8, 4) is 0 Å². The molecule has 30 heavy (non-hydrogen) atoms. The van der Waals surface area contributed by atoms with E-state index in [-0.39, 0.29) is 30.0 Å². The third-order valence-electron chi connectivity index (χ3n) is 4.84. The van der Waals surface area contributed by atoms with Crippen molar-refractivity contribution in [2.45, 2.75) is 13.5 Å². The van der Waals surface area contributed by atoms with E-state index in [1.54, 1.807) is 57.8 Å². The summed E-state index contributed by atoms with van der Waals surface area (Å²) in [6.07, 6.45) is 3.14. The first-order valence-corrected chi connectivity index (χ1v) is 9.51. The molecule has 10 nitrogen and oxygen atoms in total. The highest BCUT2D eigenvalue weighted by molar-refractivity contribution is 5.95. The summed E-state index contributed by atoms with van der Waals surface area (Å²) in [7, 11) is 0. The molecule has 156 valence electrons. The van der Waals surface area contributed by atoms with Gasteiger partial charge in [-0.15, -0.1) is 0 Å². The number of hydrogen-bond donors (Lipinski definition) is 1. The molecule has 0 aromatic carbocycles. The summed E-state index contributed by atoms with van der Waals surface area (Å²) in [5, 5.41) is 6.36. The van der Waals surface area contributed by atoms with Crippen molar-refractivity contribution in [2.75, 3.05) is 31.5 Å². The van der Waals surface area contributed by atoms with E-state index in [9.17, 15) is 14.4 Å². The number of aryl methyl sites for hydroxylation is 1. The number of nitrogens with one attached hydrogen (secondary N) is 1. The van der Waals surface area contributed by atoms with Gasteiger partial charge < -0.3 is 28.6 Å². The average molecular weight is 411 g/mol. The Hall–Kier alpha value is -3.82. The molecule has 0 spiro atoms. The minimum absolute atomic E-state index is 0.0308. The van der Waals surface area contributed by atoms with Gasteiger partial charge in [0.05, 0.1) is 6.26 Å². The van der Waals surface area contributed by atoms with Crippen molar-refractivity contribution in [1.82, 2.24) is 19.5 Å². The van der Waals surface area contributed by atoms with E-state index < -0.39 is 0 Å². The standard InChI is InChI=1S/C20H21N5O5/c1-14-12-17(22-30-14)21-18(26)13-25-6-2-4-15(25)19(27)23-7-9-24(10-8-23)20(28)16-5-3-11-29-16/h2-6,11-12H,7-10,13H2,1H3,(H,21,22,26). The van der Waals surface area contributed by atoms with Crippen LogP contribution < -0.4 is 5.32 Å². The van der Waals surface area contributed by atoms with Gasteiger partial charge in [-0.2, -0.15) is 0 Å². The molecule has 0 radical (unpaired) electrons. The molecule has 0 unspecified atom stereocenters. The molecule has 4 rings (SSSR count). The number of rotatable bonds is 5. The lowest BCUT2D eigenvalue weighted by Crippen LogP contribution is -2.50. The Morgan fingerprint density at radius 1 is 1.07 bits per heavy atom. The number of aromatic nitrogens is 2. The number of nitrogens with zero attached hydrogens (tertiary/aromatic N) is 4. The highest BCUT2D eigenvalue weighted by Crippen LogP contribution is 2.14. The van der Waals surface area contributed by atoms with Crippen LogP contribution in [0.1, 0.15) is 26.8 Å². The molecule has 4 heterocycles. The Bertz CT molecular complexity index is 1040. The van der Waals surface area contributed by atoms with Gasteiger partial charge in [-0.1, -0.05) is 5.16 Å². The van der Waals surface area contributed by atoms with Gasteiger partial charge in [0.2, 0.25) is 5.91 Å². The molecule has 1 aliphatic rings. The quantitative estimate of drug-likeness (QED) is 0.682. The summed E-state index contributed by atoms with van der Waals surface area (Å²) in [5.41, 5.74) is 0.410. The van der Waals surface area contributed by atoms with E-state index in [2.05, 4.69) is 10.5 Å². The number of amides is 3. The Morgan fingerprint density at radius 3 is 2.43 bits per heavy atom. The molecule has 0 atom stereocenters. The number of hydrogen-bond acceptors (Lipinski definition) is 6. The number of carbonyl (C=O) groups is 3. The predicted molar refractivity (Wildman–Crippen MR) is 105 cm³/mol. The molecular weight excluding hydrogens is 390 g/mol. The molecule has 0 saturated carbocycles. The summed E-state index contributed by atoms with van der Waals surface area (Å²) in [6, 6.07) is 8.30. The van der Waals surface area contributed by atoms with Crippen molar-refractivity contribution in [2.24, 2.45) is 0 Å². The van der Waals surface area contributed by atoms with Crippen LogP contribution in [0.2, 0.25) is 0 Å². The molecule has 1 aliphatic heterocycles. The summed E-state index contributed by atoms with van der Waals surface area (Å²) in [5.74, 6) is 0.520. The lowest BCUT2D eigenvalue weighted by molar-refractivity contribution is -0.116. The third kappa shape index (κ3) is 4.12. The lowest BCUT2D eigenvalue weighted by Gasteiger charge is -2.34. The van der Waals surface area contributed by atoms with Gasteiger partial charge in [-0.25, -0.2) is 0 Å². The first kappa shape index (κ1) is 19.5. The zero-order valence-electron chi connectivity index (χ0n) is 16.4. The van der Waals surface area contributed by atoms with E-state index in [1.807, 2.05) is 0 Å². The molecular formula is C20H21N5O5. The van der Waals surface area contributed by atoms with Crippen LogP contribution in [0, 0.1) is 6.92 Å². The van der Waals surface area contributed by atoms with Crippen LogP contribution in [-0.2, 0) is 11.3 Å². The minimum atomic E-state index is -0.317. The number of anilines is 1. The smallest absolute Gasteiger partial charge is 0.289 e. The third-order valence-corrected chi connectivity index (χ3v) is 4.84. The molecule has 3 amide bonds. The Balaban J connectivity index is 1.35. The molecule has 3 aromatic rings. The normalized spacial score (nSPS) is 14.0. The van der Waals surface area contributed by atoms with Crippen molar-refractivity contribution < 1.29 is 23.3 Å². The molecule has 0 aliphatic carbocycles. The molecule has 0 bridgehead atoms. The monoisotopic (exact) mass is 411 g/mol. The van der Waals surface area contributed by atoms with Gasteiger partial charge in [-0.3, -0.25) is 14.4 Å². The maximum absolute atomic E-state index is 13.0. The van der Waals surface area contributed by atoms with Crippen LogP contribution in [0.5, 0.6) is 0 Å². The zero-order valence-corrected chi connectivity index (χ0v) is 16.4. The van der Waals surface area contributed by atoms with Crippen molar-refractivity contribution >= 4 is 23.5 Å². The van der Waals surface area contributed by atoms with E-state index in [0.29, 0.717) is 43.5 Å². The van der Waals surface area contributed by atoms with E-state index in [1.165, 1.54) is 6.26 Å². The fourth-order valence-corrected chi connectivity index (χ4v) is 3.34. The van der Waals surface area contributed by atoms with Gasteiger partial charge >= 0.3 is 0 Å². The second-order valence-corrected chi connectivity index (χ2v) is 6.95. The van der Waals surface area contributed by atoms with Crippen LogP contribution >= 0.6 is 0 Å². The van der Waals surface area contributed by atoms with Crippen molar-refractivity contribution in [3.05, 3.63) is 60.0 Å². The molecule has 1 fully saturated rings. The highest BCUT2D eigenvalue weighted by atomic mass is 16.5. The zero-order chi connectivity index (χ0) is 21.1. The van der Waals surface area contributed by atoms with Crippen molar-refractivity contribution in [1.29, 1.82) is 0 Å². The lowest BCUT2D eigenvalue weighted by atomic mass is 10.2. The molecule has 3 aromatic heterocycles. The predicted octanol–water partition coefficient (Wildman–Crippen LogP) is 1.61. The van der Waals surface area contributed by atoms with Crippen LogP contribution in [0.15, 0.2) is 51.7 Å². The maximum Gasteiger partial charge on any atom is 0.289 e. The highest BCUT2D eigenvalue weighted by Gasteiger charge is 2.28. The van der Waals surface area contributed by atoms with Gasteiger partial charge in [0.15, 0.2) is 11.6 Å². The first-order valence-electron chi connectivity index (χ1n) is 9.51. The number of carbonyl (C=O) groups excluding carboxylic acids is 3. The van der Waals surface area contributed by atoms with Crippen molar-refractivity contribution in [3.63, 3.8) is 0 Å². The first-order chi connectivity index (χ1) is 14.5. The van der Waals surface area contributed by atoms with Crippen LogP contribution in [0.4, 0.5) is 5.82 Å². The minimum Gasteiger partial charge on any atom is -0.459 e. The summed E-state index contributed by atoms with van der Waals surface area (Å²) in [6.45, 7) is 3.34. The topological polar surface area (TPSA) is 114 Å². The summed E-state index contributed by atoms with van der Waals surface area (Å²) in [4.78, 5) is 40.9. The van der Waals surface area contributed by atoms with Crippen LogP contribution in [-0.4, -0.2) is 63.4 Å².